The maximum Gasteiger partial charge on any atom is 0.546 e. The van der Waals surface area contributed by atoms with Crippen LogP contribution in [0.25, 0.3) is 22.3 Å². The van der Waals surface area contributed by atoms with Gasteiger partial charge in [0.05, 0.1) is 12.1 Å². The number of rotatable bonds is 6. The van der Waals surface area contributed by atoms with Gasteiger partial charge in [0.25, 0.3) is 11.5 Å². The van der Waals surface area contributed by atoms with Crippen LogP contribution in [0.1, 0.15) is 11.3 Å². The molecule has 0 saturated carbocycles. The van der Waals surface area contributed by atoms with Gasteiger partial charge in [-0.2, -0.15) is 23.3 Å². The molecule has 1 atom stereocenters. The summed E-state index contributed by atoms with van der Waals surface area (Å²) in [4.78, 5) is 51.0. The number of amides is 1. The largest absolute Gasteiger partial charge is 0.546 e. The molecule has 3 heterocycles. The number of hydrogen-bond acceptors (Lipinski definition) is 8. The van der Waals surface area contributed by atoms with Crippen molar-refractivity contribution in [2.45, 2.75) is 12.6 Å². The van der Waals surface area contributed by atoms with Crippen molar-refractivity contribution < 1.29 is 45.4 Å². The zero-order chi connectivity index (χ0) is 30.6. The average Bonchev–Trinajstić information content (AvgIpc) is 3.40. The molecule has 220 valence electrons. The summed E-state index contributed by atoms with van der Waals surface area (Å²) in [5.74, 6) is -4.96. The number of aryl methyl sites for hydroxylation is 2. The van der Waals surface area contributed by atoms with E-state index in [2.05, 4.69) is 14.6 Å². The Kier molecular flexibility index (Phi) is 7.68. The van der Waals surface area contributed by atoms with Gasteiger partial charge >= 0.3 is 19.7 Å². The van der Waals surface area contributed by atoms with Gasteiger partial charge in [0, 0.05) is 39.2 Å². The molecule has 4 rings (SSSR count). The van der Waals surface area contributed by atoms with Gasteiger partial charge in [0.2, 0.25) is 4.80 Å². The van der Waals surface area contributed by atoms with E-state index in [0.717, 1.165) is 21.6 Å². The van der Waals surface area contributed by atoms with Gasteiger partial charge in [-0.25, -0.2) is 18.1 Å². The van der Waals surface area contributed by atoms with Crippen LogP contribution >= 0.6 is 19.2 Å². The van der Waals surface area contributed by atoms with E-state index in [1.807, 2.05) is 0 Å². The number of alkyl halides is 3. The van der Waals surface area contributed by atoms with Crippen molar-refractivity contribution in [3.8, 4) is 11.3 Å². The molecule has 1 N–H and O–H groups in total. The summed E-state index contributed by atoms with van der Waals surface area (Å²) in [6, 6.07) is 0.964. The predicted octanol–water partition coefficient (Wildman–Crippen LogP) is 1.64. The summed E-state index contributed by atoms with van der Waals surface area (Å²) in [6.45, 7) is 0. The molecule has 3 aromatic heterocycles. The lowest BCUT2D eigenvalue weighted by atomic mass is 10.1. The monoisotopic (exact) mass is 624 g/mol. The molecule has 0 aliphatic carbocycles. The number of halogens is 5. The highest BCUT2D eigenvalue weighted by molar-refractivity contribution is 7.47. The van der Waals surface area contributed by atoms with Crippen LogP contribution in [-0.2, 0) is 47.6 Å². The van der Waals surface area contributed by atoms with Gasteiger partial charge in [-0.15, -0.1) is 16.1 Å². The maximum absolute atomic E-state index is 14.9. The lowest BCUT2D eigenvalue weighted by molar-refractivity contribution is -0.142. The van der Waals surface area contributed by atoms with E-state index in [9.17, 15) is 45.8 Å². The molecule has 1 amide bonds. The highest BCUT2D eigenvalue weighted by Gasteiger charge is 2.39. The average molecular weight is 624 g/mol. The number of phosphoric ester groups is 1. The van der Waals surface area contributed by atoms with E-state index in [1.54, 1.807) is 0 Å². The Hall–Kier alpha value is -3.93. The molecule has 0 bridgehead atoms. The van der Waals surface area contributed by atoms with Gasteiger partial charge in [-0.3, -0.25) is 32.8 Å². The van der Waals surface area contributed by atoms with Crippen molar-refractivity contribution in [3.63, 3.8) is 0 Å². The molecule has 13 nitrogen and oxygen atoms in total. The summed E-state index contributed by atoms with van der Waals surface area (Å²) in [5.41, 5.74) is -5.15. The maximum atomic E-state index is 14.9. The quantitative estimate of drug-likeness (QED) is 0.251. The molecule has 4 aromatic rings. The topological polar surface area (TPSA) is 152 Å². The minimum absolute atomic E-state index is 0.0197. The van der Waals surface area contributed by atoms with Crippen molar-refractivity contribution in [2.75, 3.05) is 7.11 Å². The van der Waals surface area contributed by atoms with Gasteiger partial charge in [0.1, 0.15) is 28.3 Å². The van der Waals surface area contributed by atoms with Gasteiger partial charge < -0.3 is 4.62 Å². The third-order valence-corrected chi connectivity index (χ3v) is 7.47. The number of thiazole rings is 1. The second kappa shape index (κ2) is 10.5. The van der Waals surface area contributed by atoms with Crippen LogP contribution in [0, 0.1) is 11.6 Å². The number of nitrogens with zero attached hydrogens (tertiary/aromatic N) is 6. The number of phosphoric acid groups is 1. The van der Waals surface area contributed by atoms with E-state index in [1.165, 1.54) is 25.8 Å². The minimum Gasteiger partial charge on any atom is -0.308 e. The van der Waals surface area contributed by atoms with Crippen LogP contribution in [-0.4, -0.2) is 41.6 Å². The zero-order valence-electron chi connectivity index (χ0n) is 21.3. The highest BCUT2D eigenvalue weighted by atomic mass is 32.1. The highest BCUT2D eigenvalue weighted by Crippen LogP contribution is 2.41. The van der Waals surface area contributed by atoms with Gasteiger partial charge in [0.15, 0.2) is 5.65 Å². The summed E-state index contributed by atoms with van der Waals surface area (Å²) in [5, 5.41) is 4.98. The smallest absolute Gasteiger partial charge is 0.308 e. The van der Waals surface area contributed by atoms with E-state index in [-0.39, 0.29) is 16.7 Å². The summed E-state index contributed by atoms with van der Waals surface area (Å²) < 4.78 is 93.3. The fraction of sp³-hybridized carbons (Fsp3) is 0.286. The molecule has 1 unspecified atom stereocenters. The number of aromatic nitrogens is 5. The molecule has 20 heteroatoms. The number of carbonyl (C=O) groups excluding carboxylic acids is 1. The Bertz CT molecular complexity index is 1960. The van der Waals surface area contributed by atoms with E-state index in [0.29, 0.717) is 28.2 Å². The van der Waals surface area contributed by atoms with E-state index >= 15 is 0 Å². The second-order valence-corrected chi connectivity index (χ2v) is 10.7. The van der Waals surface area contributed by atoms with Gasteiger partial charge in [-0.1, -0.05) is 0 Å². The molecule has 0 fully saturated rings. The van der Waals surface area contributed by atoms with Crippen LogP contribution < -0.4 is 20.7 Å². The minimum atomic E-state index is -5.43. The molecule has 0 aliphatic heterocycles. The first-order valence-electron chi connectivity index (χ1n) is 11.0. The summed E-state index contributed by atoms with van der Waals surface area (Å²) in [7, 11) is -0.233. The molecule has 0 spiro atoms. The molecule has 0 aliphatic rings. The number of benzene rings is 1. The van der Waals surface area contributed by atoms with Gasteiger partial charge in [-0.05, 0) is 12.1 Å². The number of fused-ring (bicyclic) bond motifs is 1. The second-order valence-electron chi connectivity index (χ2n) is 8.37. The first kappa shape index (κ1) is 30.0. The van der Waals surface area contributed by atoms with E-state index < -0.39 is 70.8 Å². The molecule has 41 heavy (non-hydrogen) atoms. The molecular formula is C21H18F5N6O7PS. The van der Waals surface area contributed by atoms with E-state index in [4.69, 9.17) is 4.62 Å². The lowest BCUT2D eigenvalue weighted by Crippen LogP contribution is -2.37. The fourth-order valence-corrected chi connectivity index (χ4v) is 5.16. The standard InChI is InChI=1S/C21H18F5N6O7PS/c1-29-17-14(18(34)30(2)20(29)35)11(31(3)28-17)7-13(33)27-19-32(39-40(36,37)38-4)12(8-41-19)9-5-6-10(22)15(16(9)23)21(24,25)26/h5-6,8H,7H2,1-4H3,(H,36,37). The Balaban J connectivity index is 1.88. The number of carbonyl (C=O) groups is 1. The normalized spacial score (nSPS) is 14.0. The van der Waals surface area contributed by atoms with Crippen LogP contribution in [0.4, 0.5) is 22.0 Å². The first-order chi connectivity index (χ1) is 19.0. The molecule has 0 saturated heterocycles. The van der Waals surface area contributed by atoms with Crippen LogP contribution in [0.3, 0.4) is 0 Å². The predicted molar refractivity (Wildman–Crippen MR) is 132 cm³/mol. The Morgan fingerprint density at radius 3 is 2.44 bits per heavy atom. The zero-order valence-corrected chi connectivity index (χ0v) is 23.0. The van der Waals surface area contributed by atoms with Crippen LogP contribution in [0.5, 0.6) is 0 Å². The SMILES string of the molecule is COP(=O)(O)On1c(-c2ccc(F)c(C(F)(F)F)c2F)csc1=NC(=O)Cc1c2c(=O)n(C)c(=O)n(C)c2nn1C. The van der Waals surface area contributed by atoms with Crippen molar-refractivity contribution >= 4 is 36.1 Å². The first-order valence-corrected chi connectivity index (χ1v) is 13.4. The molecule has 0 radical (unpaired) electrons. The van der Waals surface area contributed by atoms with Crippen molar-refractivity contribution in [3.05, 3.63) is 66.0 Å². The summed E-state index contributed by atoms with van der Waals surface area (Å²) >= 11 is 0.495. The number of hydrogen-bond donors (Lipinski definition) is 1. The van der Waals surface area contributed by atoms with Crippen molar-refractivity contribution in [1.29, 1.82) is 0 Å². The molecule has 1 aromatic carbocycles. The van der Waals surface area contributed by atoms with Crippen molar-refractivity contribution in [2.24, 2.45) is 26.1 Å². The van der Waals surface area contributed by atoms with Crippen LogP contribution in [0.15, 0.2) is 32.1 Å². The van der Waals surface area contributed by atoms with Crippen molar-refractivity contribution in [1.82, 2.24) is 23.6 Å². The lowest BCUT2D eigenvalue weighted by Gasteiger charge is -2.15. The Labute approximate surface area is 228 Å². The third-order valence-electron chi connectivity index (χ3n) is 5.83. The fourth-order valence-electron chi connectivity index (χ4n) is 3.84. The third kappa shape index (κ3) is 5.40. The Morgan fingerprint density at radius 1 is 1.17 bits per heavy atom. The van der Waals surface area contributed by atoms with Crippen LogP contribution in [0.2, 0.25) is 0 Å². The Morgan fingerprint density at radius 2 is 1.83 bits per heavy atom. The summed E-state index contributed by atoms with van der Waals surface area (Å²) in [6.07, 6.45) is -6.03. The molecular weight excluding hydrogens is 606 g/mol.